The Morgan fingerprint density at radius 1 is 1.23 bits per heavy atom. The fourth-order valence-electron chi connectivity index (χ4n) is 2.30. The molecule has 0 spiro atoms. The molecule has 0 N–H and O–H groups in total. The Hall–Kier alpha value is 0.200. The molecule has 13 heavy (non-hydrogen) atoms. The zero-order chi connectivity index (χ0) is 9.47. The van der Waals surface area contributed by atoms with Crippen LogP contribution in [0.3, 0.4) is 0 Å². The van der Waals surface area contributed by atoms with Crippen LogP contribution in [0.25, 0.3) is 0 Å². The van der Waals surface area contributed by atoms with Crippen molar-refractivity contribution in [3.63, 3.8) is 0 Å². The van der Waals surface area contributed by atoms with Crippen molar-refractivity contribution in [1.29, 1.82) is 0 Å². The van der Waals surface area contributed by atoms with E-state index in [2.05, 4.69) is 0 Å². The second-order valence-corrected chi connectivity index (χ2v) is 6.63. The van der Waals surface area contributed by atoms with Gasteiger partial charge in [-0.1, -0.05) is 12.8 Å². The van der Waals surface area contributed by atoms with Crippen LogP contribution in [-0.2, 0) is 13.8 Å². The van der Waals surface area contributed by atoms with Crippen molar-refractivity contribution in [3.05, 3.63) is 0 Å². The summed E-state index contributed by atoms with van der Waals surface area (Å²) in [4.78, 5) is 0. The maximum Gasteiger partial charge on any atom is 0.259 e. The summed E-state index contributed by atoms with van der Waals surface area (Å²) < 4.78 is 27.4. The maximum atomic E-state index is 11.0. The predicted octanol–water partition coefficient (Wildman–Crippen LogP) is 1.86. The van der Waals surface area contributed by atoms with E-state index in [4.69, 9.17) is 15.4 Å². The summed E-state index contributed by atoms with van der Waals surface area (Å²) in [6.45, 7) is 0. The molecule has 3 atom stereocenters. The van der Waals surface area contributed by atoms with Gasteiger partial charge in [0.2, 0.25) is 0 Å². The minimum absolute atomic E-state index is 0.146. The largest absolute Gasteiger partial charge is 0.357 e. The maximum absolute atomic E-state index is 11.0. The lowest BCUT2D eigenvalue weighted by Gasteiger charge is -2.22. The molecule has 5 heteroatoms. The van der Waals surface area contributed by atoms with Gasteiger partial charge in [-0.25, -0.2) is 8.42 Å². The van der Waals surface area contributed by atoms with E-state index in [0.29, 0.717) is 12.3 Å². The van der Waals surface area contributed by atoms with Crippen molar-refractivity contribution < 1.29 is 13.2 Å². The van der Waals surface area contributed by atoms with E-state index in [-0.39, 0.29) is 6.10 Å². The zero-order valence-electron chi connectivity index (χ0n) is 7.28. The average molecular weight is 225 g/mol. The summed E-state index contributed by atoms with van der Waals surface area (Å²) in [6, 6.07) is 0. The molecular formula is C8H13ClO3S. The van der Waals surface area contributed by atoms with Gasteiger partial charge in [0.1, 0.15) is 0 Å². The Balaban J connectivity index is 2.07. The monoisotopic (exact) mass is 224 g/mol. The fraction of sp³-hybridized carbons (Fsp3) is 1.00. The molecule has 1 aliphatic carbocycles. The predicted molar refractivity (Wildman–Crippen MR) is 50.0 cm³/mol. The van der Waals surface area contributed by atoms with Crippen LogP contribution in [-0.4, -0.2) is 20.0 Å². The van der Waals surface area contributed by atoms with Gasteiger partial charge in [-0.15, -0.1) is 0 Å². The molecule has 76 valence electrons. The van der Waals surface area contributed by atoms with Crippen LogP contribution in [0.5, 0.6) is 0 Å². The first-order chi connectivity index (χ1) is 6.07. The van der Waals surface area contributed by atoms with Crippen molar-refractivity contribution in [2.45, 2.75) is 43.6 Å². The minimum Gasteiger partial charge on any atom is -0.357 e. The number of halogens is 1. The molecule has 3 nitrogen and oxygen atoms in total. The third-order valence-electron chi connectivity index (χ3n) is 2.98. The van der Waals surface area contributed by atoms with Crippen molar-refractivity contribution >= 4 is 19.7 Å². The third kappa shape index (κ3) is 2.00. The molecule has 1 saturated carbocycles. The van der Waals surface area contributed by atoms with Gasteiger partial charge in [-0.2, -0.15) is 0 Å². The summed E-state index contributed by atoms with van der Waals surface area (Å²) in [6.07, 6.45) is 5.17. The van der Waals surface area contributed by atoms with E-state index in [1.807, 2.05) is 0 Å². The molecule has 1 aliphatic heterocycles. The van der Waals surface area contributed by atoms with Crippen LogP contribution in [0.4, 0.5) is 0 Å². The zero-order valence-corrected chi connectivity index (χ0v) is 8.85. The van der Waals surface area contributed by atoms with Gasteiger partial charge in [0.15, 0.2) is 5.44 Å². The molecule has 1 saturated heterocycles. The summed E-state index contributed by atoms with van der Waals surface area (Å²) in [5, 5.41) is 0. The van der Waals surface area contributed by atoms with Gasteiger partial charge in [0.05, 0.1) is 6.10 Å². The fourth-order valence-corrected chi connectivity index (χ4v) is 3.40. The van der Waals surface area contributed by atoms with Gasteiger partial charge in [0.25, 0.3) is 9.05 Å². The Bertz CT molecular complexity index is 274. The minimum atomic E-state index is -3.51. The van der Waals surface area contributed by atoms with E-state index in [0.717, 1.165) is 19.3 Å². The van der Waals surface area contributed by atoms with Gasteiger partial charge in [-0.05, 0) is 25.2 Å². The first-order valence-electron chi connectivity index (χ1n) is 4.66. The summed E-state index contributed by atoms with van der Waals surface area (Å²) in [7, 11) is 1.74. The molecule has 2 fully saturated rings. The highest BCUT2D eigenvalue weighted by molar-refractivity contribution is 8.14. The molecule has 3 unspecified atom stereocenters. The lowest BCUT2D eigenvalue weighted by molar-refractivity contribution is 0.0507. The van der Waals surface area contributed by atoms with Crippen LogP contribution in [0, 0.1) is 5.92 Å². The SMILES string of the molecule is O=S(=O)(Cl)C1CC2CCCCC2O1. The molecular weight excluding hydrogens is 212 g/mol. The molecule has 2 rings (SSSR count). The standard InChI is InChI=1S/C8H13ClO3S/c9-13(10,11)8-5-6-3-1-2-4-7(6)12-8/h6-8H,1-5H2. The molecule has 0 aromatic rings. The molecule has 0 bridgehead atoms. The van der Waals surface area contributed by atoms with E-state index in [9.17, 15) is 8.42 Å². The summed E-state index contributed by atoms with van der Waals surface area (Å²) >= 11 is 0. The van der Waals surface area contributed by atoms with Crippen LogP contribution in [0.15, 0.2) is 0 Å². The highest BCUT2D eigenvalue weighted by Crippen LogP contribution is 2.39. The first-order valence-corrected chi connectivity index (χ1v) is 7.03. The molecule has 0 aromatic heterocycles. The Morgan fingerprint density at radius 3 is 2.54 bits per heavy atom. The Labute approximate surface area is 82.8 Å². The lowest BCUT2D eigenvalue weighted by Crippen LogP contribution is -2.20. The molecule has 0 aromatic carbocycles. The number of hydrogen-bond donors (Lipinski definition) is 0. The van der Waals surface area contributed by atoms with Gasteiger partial charge < -0.3 is 4.74 Å². The Kier molecular flexibility index (Phi) is 2.55. The Morgan fingerprint density at radius 2 is 1.92 bits per heavy atom. The van der Waals surface area contributed by atoms with Gasteiger partial charge in [0, 0.05) is 10.7 Å². The molecule has 1 heterocycles. The van der Waals surface area contributed by atoms with E-state index in [1.54, 1.807) is 0 Å². The van der Waals surface area contributed by atoms with Crippen molar-refractivity contribution in [3.8, 4) is 0 Å². The summed E-state index contributed by atoms with van der Waals surface area (Å²) in [5.74, 6) is 0.423. The van der Waals surface area contributed by atoms with Crippen LogP contribution in [0.1, 0.15) is 32.1 Å². The average Bonchev–Trinajstić information content (AvgIpc) is 2.45. The topological polar surface area (TPSA) is 43.4 Å². The second-order valence-electron chi connectivity index (χ2n) is 3.86. The number of rotatable bonds is 1. The first kappa shape index (κ1) is 9.74. The normalized spacial score (nSPS) is 40.2. The van der Waals surface area contributed by atoms with Crippen molar-refractivity contribution in [2.24, 2.45) is 5.92 Å². The van der Waals surface area contributed by atoms with E-state index in [1.165, 1.54) is 6.42 Å². The molecule has 0 radical (unpaired) electrons. The number of hydrogen-bond acceptors (Lipinski definition) is 3. The van der Waals surface area contributed by atoms with Crippen LogP contribution in [0.2, 0.25) is 0 Å². The van der Waals surface area contributed by atoms with Gasteiger partial charge in [-0.3, -0.25) is 0 Å². The quantitative estimate of drug-likeness (QED) is 0.639. The number of ether oxygens (including phenoxy) is 1. The van der Waals surface area contributed by atoms with E-state index < -0.39 is 14.5 Å². The molecule has 2 aliphatic rings. The highest BCUT2D eigenvalue weighted by atomic mass is 35.7. The second kappa shape index (κ2) is 3.41. The van der Waals surface area contributed by atoms with Crippen molar-refractivity contribution in [2.75, 3.05) is 0 Å². The van der Waals surface area contributed by atoms with Crippen LogP contribution < -0.4 is 0 Å². The number of fused-ring (bicyclic) bond motifs is 1. The molecule has 0 amide bonds. The summed E-state index contributed by atoms with van der Waals surface area (Å²) in [5.41, 5.74) is -0.748. The van der Waals surface area contributed by atoms with Gasteiger partial charge >= 0.3 is 0 Å². The van der Waals surface area contributed by atoms with E-state index >= 15 is 0 Å². The smallest absolute Gasteiger partial charge is 0.259 e. The van der Waals surface area contributed by atoms with Crippen molar-refractivity contribution in [1.82, 2.24) is 0 Å². The highest BCUT2D eigenvalue weighted by Gasteiger charge is 2.41. The lowest BCUT2D eigenvalue weighted by atomic mass is 9.86. The third-order valence-corrected chi connectivity index (χ3v) is 4.50. The van der Waals surface area contributed by atoms with Crippen LogP contribution >= 0.6 is 10.7 Å².